The number of methoxy groups -OCH3 is 2. The molecule has 0 aliphatic rings. The van der Waals surface area contributed by atoms with Crippen molar-refractivity contribution in [2.75, 3.05) is 21.0 Å². The third-order valence-electron chi connectivity index (χ3n) is 1.87. The molecule has 0 aliphatic carbocycles. The molecule has 0 fully saturated rings. The fraction of sp³-hybridized carbons (Fsp3) is 0.417. The van der Waals surface area contributed by atoms with Crippen LogP contribution in [-0.4, -0.2) is 27.0 Å². The highest BCUT2D eigenvalue weighted by Gasteiger charge is 2.12. The molecule has 90 valence electrons. The Morgan fingerprint density at radius 2 is 2.00 bits per heavy atom. The minimum Gasteiger partial charge on any atom is -0.467 e. The van der Waals surface area contributed by atoms with Crippen molar-refractivity contribution >= 4 is 5.97 Å². The molecule has 0 atom stereocenters. The van der Waals surface area contributed by atoms with Gasteiger partial charge in [0.15, 0.2) is 6.79 Å². The van der Waals surface area contributed by atoms with Crippen LogP contribution in [0.15, 0.2) is 18.2 Å². The summed E-state index contributed by atoms with van der Waals surface area (Å²) in [4.78, 5) is 11.4. The van der Waals surface area contributed by atoms with E-state index in [4.69, 9.17) is 9.47 Å². The third kappa shape index (κ3) is 3.55. The topological polar surface area (TPSA) is 44.8 Å². The van der Waals surface area contributed by atoms with Gasteiger partial charge in [-0.1, -0.05) is 19.1 Å². The van der Waals surface area contributed by atoms with Gasteiger partial charge >= 0.3 is 5.97 Å². The Morgan fingerprint density at radius 1 is 1.31 bits per heavy atom. The maximum Gasteiger partial charge on any atom is 0.341 e. The molecule has 4 nitrogen and oxygen atoms in total. The molecule has 0 saturated heterocycles. The summed E-state index contributed by atoms with van der Waals surface area (Å²) < 4.78 is 14.7. The number of aryl methyl sites for hydroxylation is 1. The largest absolute Gasteiger partial charge is 0.467 e. The van der Waals surface area contributed by atoms with Crippen LogP contribution < -0.4 is 4.74 Å². The zero-order valence-corrected chi connectivity index (χ0v) is 9.07. The van der Waals surface area contributed by atoms with Gasteiger partial charge in [-0.2, -0.15) is 0 Å². The fourth-order valence-electron chi connectivity index (χ4n) is 1.16. The maximum absolute atomic E-state index is 11.4. The molecule has 1 aromatic carbocycles. The predicted molar refractivity (Wildman–Crippen MR) is 61.8 cm³/mol. The van der Waals surface area contributed by atoms with E-state index in [2.05, 4.69) is 4.74 Å². The van der Waals surface area contributed by atoms with E-state index in [9.17, 15) is 4.79 Å². The smallest absolute Gasteiger partial charge is 0.341 e. The van der Waals surface area contributed by atoms with E-state index in [1.165, 1.54) is 14.2 Å². The number of esters is 1. The average molecular weight is 226 g/mol. The second kappa shape index (κ2) is 6.85. The summed E-state index contributed by atoms with van der Waals surface area (Å²) in [6.07, 6.45) is 0. The first-order valence-corrected chi connectivity index (χ1v) is 4.49. The van der Waals surface area contributed by atoms with E-state index >= 15 is 0 Å². The van der Waals surface area contributed by atoms with Crippen molar-refractivity contribution in [1.82, 2.24) is 0 Å². The lowest BCUT2D eigenvalue weighted by molar-refractivity contribution is 0.0465. The lowest BCUT2D eigenvalue weighted by Crippen LogP contribution is -2.07. The van der Waals surface area contributed by atoms with Gasteiger partial charge in [0.05, 0.1) is 7.11 Å². The van der Waals surface area contributed by atoms with Crippen LogP contribution in [0.1, 0.15) is 23.3 Å². The molecule has 0 spiro atoms. The van der Waals surface area contributed by atoms with E-state index in [-0.39, 0.29) is 14.2 Å². The van der Waals surface area contributed by atoms with E-state index in [0.29, 0.717) is 11.3 Å². The number of ether oxygens (including phenoxy) is 3. The van der Waals surface area contributed by atoms with E-state index in [0.717, 1.165) is 5.56 Å². The van der Waals surface area contributed by atoms with Gasteiger partial charge in [0.1, 0.15) is 11.3 Å². The van der Waals surface area contributed by atoms with Gasteiger partial charge in [0.2, 0.25) is 0 Å². The first kappa shape index (κ1) is 14.5. The summed E-state index contributed by atoms with van der Waals surface area (Å²) in [7, 11) is 2.86. The summed E-state index contributed by atoms with van der Waals surface area (Å²) in [5, 5.41) is 0. The molecular formula is C12H18O4. The standard InChI is InChI=1S/C11H14O4.CH4/c1-8-4-5-10(15-7-13-2)9(6-8)11(12)14-3;/h4-6H,7H2,1-3H3;1H4. The highest BCUT2D eigenvalue weighted by atomic mass is 16.7. The highest BCUT2D eigenvalue weighted by Crippen LogP contribution is 2.20. The number of hydrogen-bond acceptors (Lipinski definition) is 4. The summed E-state index contributed by atoms with van der Waals surface area (Å²) >= 11 is 0. The molecule has 0 unspecified atom stereocenters. The number of hydrogen-bond donors (Lipinski definition) is 0. The molecule has 0 aromatic heterocycles. The first-order valence-electron chi connectivity index (χ1n) is 4.49. The Bertz CT molecular complexity index is 347. The van der Waals surface area contributed by atoms with Gasteiger partial charge in [0, 0.05) is 7.11 Å². The van der Waals surface area contributed by atoms with E-state index < -0.39 is 5.97 Å². The first-order chi connectivity index (χ1) is 7.19. The van der Waals surface area contributed by atoms with Gasteiger partial charge in [-0.3, -0.25) is 0 Å². The third-order valence-corrected chi connectivity index (χ3v) is 1.87. The molecule has 0 amide bonds. The van der Waals surface area contributed by atoms with Crippen molar-refractivity contribution in [3.8, 4) is 5.75 Å². The molecule has 0 aliphatic heterocycles. The second-order valence-corrected chi connectivity index (χ2v) is 3.04. The number of carbonyl (C=O) groups is 1. The van der Waals surface area contributed by atoms with Crippen LogP contribution in [0.4, 0.5) is 0 Å². The van der Waals surface area contributed by atoms with Gasteiger partial charge in [-0.05, 0) is 19.1 Å². The van der Waals surface area contributed by atoms with Crippen molar-refractivity contribution in [3.05, 3.63) is 29.3 Å². The van der Waals surface area contributed by atoms with Crippen LogP contribution in [0.3, 0.4) is 0 Å². The van der Waals surface area contributed by atoms with Crippen LogP contribution in [0.2, 0.25) is 0 Å². The Balaban J connectivity index is 0.00000225. The van der Waals surface area contributed by atoms with Crippen LogP contribution in [0.25, 0.3) is 0 Å². The van der Waals surface area contributed by atoms with Crippen molar-refractivity contribution in [1.29, 1.82) is 0 Å². The lowest BCUT2D eigenvalue weighted by atomic mass is 10.1. The molecule has 0 bridgehead atoms. The maximum atomic E-state index is 11.4. The molecular weight excluding hydrogens is 208 g/mol. The highest BCUT2D eigenvalue weighted by molar-refractivity contribution is 5.92. The van der Waals surface area contributed by atoms with Gasteiger partial charge in [-0.25, -0.2) is 4.79 Å². The van der Waals surface area contributed by atoms with Crippen LogP contribution in [0.5, 0.6) is 5.75 Å². The Hall–Kier alpha value is -1.55. The number of carbonyl (C=O) groups excluding carboxylic acids is 1. The van der Waals surface area contributed by atoms with Crippen molar-refractivity contribution in [3.63, 3.8) is 0 Å². The van der Waals surface area contributed by atoms with E-state index in [1.54, 1.807) is 12.1 Å². The molecule has 0 heterocycles. The van der Waals surface area contributed by atoms with Gasteiger partial charge in [-0.15, -0.1) is 0 Å². The van der Waals surface area contributed by atoms with Gasteiger partial charge < -0.3 is 14.2 Å². The Morgan fingerprint density at radius 3 is 2.56 bits per heavy atom. The molecule has 0 radical (unpaired) electrons. The molecule has 1 aromatic rings. The van der Waals surface area contributed by atoms with Crippen molar-refractivity contribution < 1.29 is 19.0 Å². The lowest BCUT2D eigenvalue weighted by Gasteiger charge is -2.09. The second-order valence-electron chi connectivity index (χ2n) is 3.04. The fourth-order valence-corrected chi connectivity index (χ4v) is 1.16. The van der Waals surface area contributed by atoms with Crippen LogP contribution >= 0.6 is 0 Å². The quantitative estimate of drug-likeness (QED) is 0.584. The number of rotatable bonds is 4. The minimum atomic E-state index is -0.412. The summed E-state index contributed by atoms with van der Waals surface area (Å²) in [6.45, 7) is 2.00. The zero-order chi connectivity index (χ0) is 11.3. The molecule has 0 N–H and O–H groups in total. The minimum absolute atomic E-state index is 0. The van der Waals surface area contributed by atoms with Crippen molar-refractivity contribution in [2.45, 2.75) is 14.4 Å². The molecule has 1 rings (SSSR count). The van der Waals surface area contributed by atoms with Crippen LogP contribution in [0, 0.1) is 6.92 Å². The van der Waals surface area contributed by atoms with Crippen molar-refractivity contribution in [2.24, 2.45) is 0 Å². The van der Waals surface area contributed by atoms with Crippen LogP contribution in [-0.2, 0) is 9.47 Å². The SMILES string of the molecule is C.COCOc1ccc(C)cc1C(=O)OC. The summed E-state index contributed by atoms with van der Waals surface area (Å²) in [5.74, 6) is 0.0547. The summed E-state index contributed by atoms with van der Waals surface area (Å²) in [5.41, 5.74) is 1.38. The van der Waals surface area contributed by atoms with Gasteiger partial charge in [0.25, 0.3) is 0 Å². The molecule has 16 heavy (non-hydrogen) atoms. The predicted octanol–water partition coefficient (Wildman–Crippen LogP) is 2.40. The Labute approximate surface area is 96.1 Å². The monoisotopic (exact) mass is 226 g/mol. The number of benzene rings is 1. The molecule has 4 heteroatoms. The normalized spacial score (nSPS) is 9.19. The average Bonchev–Trinajstić information content (AvgIpc) is 2.26. The molecule has 0 saturated carbocycles. The Kier molecular flexibility index (Phi) is 6.18. The summed E-state index contributed by atoms with van der Waals surface area (Å²) in [6, 6.07) is 5.30. The van der Waals surface area contributed by atoms with E-state index in [1.807, 2.05) is 13.0 Å². The zero-order valence-electron chi connectivity index (χ0n) is 9.07.